The maximum Gasteiger partial charge on any atom is 0.286 e. The zero-order chi connectivity index (χ0) is 16.8. The number of anilines is 1. The molecule has 1 unspecified atom stereocenters. The Morgan fingerprint density at radius 3 is 2.87 bits per heavy atom. The lowest BCUT2D eigenvalue weighted by atomic mass is 9.95. The van der Waals surface area contributed by atoms with Crippen molar-refractivity contribution in [1.82, 2.24) is 10.5 Å². The summed E-state index contributed by atoms with van der Waals surface area (Å²) >= 11 is 0.985. The topological polar surface area (TPSA) is 101 Å². The zero-order valence-electron chi connectivity index (χ0n) is 12.7. The normalized spacial score (nSPS) is 11.6. The van der Waals surface area contributed by atoms with Crippen molar-refractivity contribution >= 4 is 28.3 Å². The van der Waals surface area contributed by atoms with Crippen molar-refractivity contribution in [1.29, 1.82) is 0 Å². The molecule has 0 aliphatic carbocycles. The Kier molecular flexibility index (Phi) is 5.67. The molecule has 2 rings (SSSR count). The summed E-state index contributed by atoms with van der Waals surface area (Å²) in [5.74, 6) is -0.553. The van der Waals surface area contributed by atoms with E-state index in [2.05, 4.69) is 10.3 Å². The number of methoxy groups -OCH3 is 1. The summed E-state index contributed by atoms with van der Waals surface area (Å²) in [4.78, 5) is 27.9. The van der Waals surface area contributed by atoms with Gasteiger partial charge in [-0.1, -0.05) is 30.4 Å². The minimum absolute atomic E-state index is 0.206. The molecule has 1 aromatic heterocycles. The Labute approximate surface area is 137 Å². The van der Waals surface area contributed by atoms with E-state index >= 15 is 0 Å². The Hall–Kier alpha value is -2.45. The van der Waals surface area contributed by atoms with E-state index in [0.717, 1.165) is 16.9 Å². The molecule has 0 spiro atoms. The number of aromatic nitrogens is 1. The number of amides is 2. The SMILES string of the molecule is CCC(C(=O)Nc1ncc(C(=O)NO)s1)c1cccc(OC)c1. The summed E-state index contributed by atoms with van der Waals surface area (Å²) in [5, 5.41) is 11.6. The van der Waals surface area contributed by atoms with Crippen molar-refractivity contribution in [2.45, 2.75) is 19.3 Å². The molecule has 0 fully saturated rings. The number of rotatable bonds is 6. The number of hydrogen-bond donors (Lipinski definition) is 3. The highest BCUT2D eigenvalue weighted by Crippen LogP contribution is 2.26. The van der Waals surface area contributed by atoms with Crippen molar-refractivity contribution in [3.05, 3.63) is 40.9 Å². The maximum absolute atomic E-state index is 12.5. The molecule has 23 heavy (non-hydrogen) atoms. The maximum atomic E-state index is 12.5. The van der Waals surface area contributed by atoms with Gasteiger partial charge in [0.05, 0.1) is 19.2 Å². The van der Waals surface area contributed by atoms with Crippen LogP contribution in [0, 0.1) is 0 Å². The Morgan fingerprint density at radius 2 is 2.22 bits per heavy atom. The summed E-state index contributed by atoms with van der Waals surface area (Å²) in [6.45, 7) is 1.91. The molecule has 1 atom stereocenters. The average molecular weight is 335 g/mol. The highest BCUT2D eigenvalue weighted by Gasteiger charge is 2.21. The molecule has 3 N–H and O–H groups in total. The summed E-state index contributed by atoms with van der Waals surface area (Å²) < 4.78 is 5.18. The molecule has 0 aliphatic heterocycles. The minimum Gasteiger partial charge on any atom is -0.497 e. The first-order valence-corrected chi connectivity index (χ1v) is 7.75. The first-order chi connectivity index (χ1) is 11.1. The molecular formula is C15H17N3O4S. The third-order valence-corrected chi connectivity index (χ3v) is 4.19. The lowest BCUT2D eigenvalue weighted by molar-refractivity contribution is -0.117. The third-order valence-electron chi connectivity index (χ3n) is 3.28. The average Bonchev–Trinajstić information content (AvgIpc) is 3.03. The van der Waals surface area contributed by atoms with Crippen LogP contribution in [-0.2, 0) is 4.79 Å². The molecule has 1 heterocycles. The van der Waals surface area contributed by atoms with E-state index in [1.807, 2.05) is 31.2 Å². The number of carbonyl (C=O) groups excluding carboxylic acids is 2. The molecule has 7 nitrogen and oxygen atoms in total. The number of benzene rings is 1. The van der Waals surface area contributed by atoms with Crippen LogP contribution in [0.4, 0.5) is 5.13 Å². The second-order valence-electron chi connectivity index (χ2n) is 4.70. The number of hydrogen-bond acceptors (Lipinski definition) is 6. The van der Waals surface area contributed by atoms with Gasteiger partial charge in [-0.2, -0.15) is 0 Å². The monoisotopic (exact) mass is 335 g/mol. The fraction of sp³-hybridized carbons (Fsp3) is 0.267. The van der Waals surface area contributed by atoms with Gasteiger partial charge < -0.3 is 10.1 Å². The van der Waals surface area contributed by atoms with Crippen LogP contribution < -0.4 is 15.5 Å². The van der Waals surface area contributed by atoms with Gasteiger partial charge in [0.1, 0.15) is 10.6 Å². The smallest absolute Gasteiger partial charge is 0.286 e. The van der Waals surface area contributed by atoms with Crippen molar-refractivity contribution in [3.8, 4) is 5.75 Å². The number of ether oxygens (including phenoxy) is 1. The van der Waals surface area contributed by atoms with Crippen LogP contribution >= 0.6 is 11.3 Å². The van der Waals surface area contributed by atoms with Gasteiger partial charge in [0.15, 0.2) is 5.13 Å². The number of nitrogens with one attached hydrogen (secondary N) is 2. The number of carbonyl (C=O) groups is 2. The van der Waals surface area contributed by atoms with Crippen LogP contribution in [0.5, 0.6) is 5.75 Å². The fourth-order valence-electron chi connectivity index (χ4n) is 2.12. The van der Waals surface area contributed by atoms with Crippen LogP contribution in [0.25, 0.3) is 0 Å². The summed E-state index contributed by atoms with van der Waals surface area (Å²) in [6, 6.07) is 7.33. The summed E-state index contributed by atoms with van der Waals surface area (Å²) in [5.41, 5.74) is 2.37. The van der Waals surface area contributed by atoms with Crippen molar-refractivity contribution in [2.24, 2.45) is 0 Å². The number of hydroxylamine groups is 1. The minimum atomic E-state index is -0.664. The van der Waals surface area contributed by atoms with E-state index < -0.39 is 5.91 Å². The van der Waals surface area contributed by atoms with Gasteiger partial charge in [0.2, 0.25) is 5.91 Å². The van der Waals surface area contributed by atoms with Gasteiger partial charge in [-0.15, -0.1) is 0 Å². The zero-order valence-corrected chi connectivity index (χ0v) is 13.5. The van der Waals surface area contributed by atoms with Gasteiger partial charge in [-0.25, -0.2) is 10.5 Å². The van der Waals surface area contributed by atoms with Gasteiger partial charge >= 0.3 is 0 Å². The first kappa shape index (κ1) is 16.9. The van der Waals surface area contributed by atoms with Crippen LogP contribution in [0.15, 0.2) is 30.5 Å². The van der Waals surface area contributed by atoms with Crippen molar-refractivity contribution < 1.29 is 19.5 Å². The molecule has 0 saturated carbocycles. The van der Waals surface area contributed by atoms with Gasteiger partial charge in [0.25, 0.3) is 5.91 Å². The Balaban J connectivity index is 2.13. The van der Waals surface area contributed by atoms with Gasteiger partial charge in [-0.05, 0) is 24.1 Å². The largest absolute Gasteiger partial charge is 0.497 e. The fourth-order valence-corrected chi connectivity index (χ4v) is 2.82. The number of nitrogens with zero attached hydrogens (tertiary/aromatic N) is 1. The predicted octanol–water partition coefficient (Wildman–Crippen LogP) is 2.40. The summed E-state index contributed by atoms with van der Waals surface area (Å²) in [6.07, 6.45) is 1.90. The number of thiazole rings is 1. The third kappa shape index (κ3) is 4.05. The van der Waals surface area contributed by atoms with Gasteiger partial charge in [0, 0.05) is 0 Å². The molecule has 0 radical (unpaired) electrons. The van der Waals surface area contributed by atoms with E-state index in [9.17, 15) is 9.59 Å². The predicted molar refractivity (Wildman–Crippen MR) is 86.0 cm³/mol. The van der Waals surface area contributed by atoms with Gasteiger partial charge in [-0.3, -0.25) is 14.8 Å². The molecule has 2 aromatic rings. The molecule has 8 heteroatoms. The van der Waals surface area contributed by atoms with Crippen LogP contribution in [0.2, 0.25) is 0 Å². The van der Waals surface area contributed by atoms with Crippen molar-refractivity contribution in [2.75, 3.05) is 12.4 Å². The first-order valence-electron chi connectivity index (χ1n) is 6.94. The lowest BCUT2D eigenvalue weighted by Crippen LogP contribution is -2.20. The molecule has 1 aromatic carbocycles. The second kappa shape index (κ2) is 7.70. The molecule has 2 amide bonds. The molecular weight excluding hydrogens is 318 g/mol. The Bertz CT molecular complexity index is 702. The van der Waals surface area contributed by atoms with E-state index in [0.29, 0.717) is 17.3 Å². The van der Waals surface area contributed by atoms with Crippen LogP contribution in [0.1, 0.15) is 34.5 Å². The van der Waals surface area contributed by atoms with E-state index in [-0.39, 0.29) is 16.7 Å². The molecule has 122 valence electrons. The highest BCUT2D eigenvalue weighted by molar-refractivity contribution is 7.17. The quantitative estimate of drug-likeness (QED) is 0.556. The van der Waals surface area contributed by atoms with E-state index in [4.69, 9.17) is 9.94 Å². The van der Waals surface area contributed by atoms with E-state index in [1.54, 1.807) is 7.11 Å². The summed E-state index contributed by atoms with van der Waals surface area (Å²) in [7, 11) is 1.57. The van der Waals surface area contributed by atoms with Crippen LogP contribution in [0.3, 0.4) is 0 Å². The van der Waals surface area contributed by atoms with E-state index in [1.165, 1.54) is 11.7 Å². The van der Waals surface area contributed by atoms with Crippen LogP contribution in [-0.4, -0.2) is 29.1 Å². The highest BCUT2D eigenvalue weighted by atomic mass is 32.1. The standard InChI is InChI=1S/C15H17N3O4S/c1-3-11(9-5-4-6-10(7-9)22-2)13(19)17-15-16-8-12(23-15)14(20)18-21/h4-8,11,21H,3H2,1-2H3,(H,18,20)(H,16,17,19). The lowest BCUT2D eigenvalue weighted by Gasteiger charge is -2.15. The molecule has 0 saturated heterocycles. The Morgan fingerprint density at radius 1 is 1.43 bits per heavy atom. The second-order valence-corrected chi connectivity index (χ2v) is 5.73. The molecule has 0 aliphatic rings. The molecule has 0 bridgehead atoms. The van der Waals surface area contributed by atoms with Crippen molar-refractivity contribution in [3.63, 3.8) is 0 Å².